The summed E-state index contributed by atoms with van der Waals surface area (Å²) >= 11 is 3.46. The van der Waals surface area contributed by atoms with E-state index in [1.54, 1.807) is 0 Å². The van der Waals surface area contributed by atoms with E-state index in [0.717, 1.165) is 17.3 Å². The zero-order valence-corrected chi connectivity index (χ0v) is 9.55. The first-order valence-electron chi connectivity index (χ1n) is 4.68. The summed E-state index contributed by atoms with van der Waals surface area (Å²) in [6.45, 7) is 2.06. The Morgan fingerprint density at radius 2 is 2.23 bits per heavy atom. The van der Waals surface area contributed by atoms with Crippen molar-refractivity contribution in [3.63, 3.8) is 0 Å². The number of rotatable bonds is 4. The first kappa shape index (κ1) is 10.7. The normalized spacial score (nSPS) is 12.8. The second kappa shape index (κ2) is 5.40. The third-order valence-corrected chi connectivity index (χ3v) is 2.51. The summed E-state index contributed by atoms with van der Waals surface area (Å²) in [7, 11) is 0. The fourth-order valence-corrected chi connectivity index (χ4v) is 1.77. The molecule has 0 amide bonds. The van der Waals surface area contributed by atoms with Gasteiger partial charge in [-0.2, -0.15) is 0 Å². The maximum Gasteiger partial charge on any atom is 0.0177 e. The highest BCUT2D eigenvalue weighted by atomic mass is 79.9. The Bertz CT molecular complexity index is 258. The molecule has 0 aliphatic carbocycles. The van der Waals surface area contributed by atoms with Crippen LogP contribution in [0.4, 0.5) is 0 Å². The van der Waals surface area contributed by atoms with Crippen LogP contribution in [0.5, 0.6) is 0 Å². The van der Waals surface area contributed by atoms with E-state index in [0.29, 0.717) is 6.04 Å². The van der Waals surface area contributed by atoms with Gasteiger partial charge in [0.05, 0.1) is 0 Å². The van der Waals surface area contributed by atoms with E-state index in [9.17, 15) is 0 Å². The fourth-order valence-electron chi connectivity index (χ4n) is 1.32. The molecule has 13 heavy (non-hydrogen) atoms. The Hall–Kier alpha value is -0.340. The average molecular weight is 242 g/mol. The number of halogens is 1. The van der Waals surface area contributed by atoms with E-state index >= 15 is 0 Å². The highest BCUT2D eigenvalue weighted by Crippen LogP contribution is 2.13. The third kappa shape index (κ3) is 4.44. The number of benzene rings is 1. The Morgan fingerprint density at radius 1 is 1.46 bits per heavy atom. The minimum atomic E-state index is 0.326. The first-order chi connectivity index (χ1) is 6.18. The molecule has 1 nitrogen and oxygen atoms in total. The van der Waals surface area contributed by atoms with Crippen LogP contribution in [0.15, 0.2) is 28.7 Å². The predicted molar refractivity (Wildman–Crippen MR) is 60.7 cm³/mol. The molecular formula is C11H16BrN. The van der Waals surface area contributed by atoms with Gasteiger partial charge >= 0.3 is 0 Å². The van der Waals surface area contributed by atoms with Gasteiger partial charge in [-0.25, -0.2) is 0 Å². The lowest BCUT2D eigenvalue weighted by Gasteiger charge is -2.04. The maximum atomic E-state index is 5.68. The second-order valence-corrected chi connectivity index (χ2v) is 4.42. The molecule has 72 valence electrons. The molecule has 1 aromatic carbocycles. The van der Waals surface area contributed by atoms with Crippen LogP contribution >= 0.6 is 15.9 Å². The van der Waals surface area contributed by atoms with Crippen LogP contribution in [0.1, 0.15) is 25.3 Å². The molecular weight excluding hydrogens is 226 g/mol. The van der Waals surface area contributed by atoms with E-state index in [4.69, 9.17) is 5.73 Å². The molecule has 2 N–H and O–H groups in total. The number of hydrogen-bond donors (Lipinski definition) is 1. The van der Waals surface area contributed by atoms with Crippen molar-refractivity contribution in [2.45, 2.75) is 32.2 Å². The monoisotopic (exact) mass is 241 g/mol. The van der Waals surface area contributed by atoms with Crippen LogP contribution < -0.4 is 5.73 Å². The van der Waals surface area contributed by atoms with Gasteiger partial charge in [-0.1, -0.05) is 28.1 Å². The molecule has 1 rings (SSSR count). The van der Waals surface area contributed by atoms with Crippen molar-refractivity contribution in [3.05, 3.63) is 34.3 Å². The Balaban J connectivity index is 2.37. The molecule has 0 bridgehead atoms. The van der Waals surface area contributed by atoms with Crippen molar-refractivity contribution in [1.82, 2.24) is 0 Å². The van der Waals surface area contributed by atoms with Crippen molar-refractivity contribution in [3.8, 4) is 0 Å². The summed E-state index contributed by atoms with van der Waals surface area (Å²) in [5, 5.41) is 0. The van der Waals surface area contributed by atoms with Gasteiger partial charge in [0, 0.05) is 10.5 Å². The molecule has 0 saturated heterocycles. The van der Waals surface area contributed by atoms with Crippen molar-refractivity contribution < 1.29 is 0 Å². The largest absolute Gasteiger partial charge is 0.328 e. The van der Waals surface area contributed by atoms with Gasteiger partial charge in [0.2, 0.25) is 0 Å². The smallest absolute Gasteiger partial charge is 0.0177 e. The molecule has 0 aromatic heterocycles. The van der Waals surface area contributed by atoms with Gasteiger partial charge in [-0.15, -0.1) is 0 Å². The predicted octanol–water partition coefficient (Wildman–Crippen LogP) is 3.12. The topological polar surface area (TPSA) is 26.0 Å². The lowest BCUT2D eigenvalue weighted by atomic mass is 10.1. The summed E-state index contributed by atoms with van der Waals surface area (Å²) < 4.78 is 1.16. The molecule has 0 fully saturated rings. The number of hydrogen-bond acceptors (Lipinski definition) is 1. The Morgan fingerprint density at radius 3 is 2.85 bits per heavy atom. The van der Waals surface area contributed by atoms with E-state index in [-0.39, 0.29) is 0 Å². The van der Waals surface area contributed by atoms with Gasteiger partial charge in [0.1, 0.15) is 0 Å². The summed E-state index contributed by atoms with van der Waals surface area (Å²) in [4.78, 5) is 0. The summed E-state index contributed by atoms with van der Waals surface area (Å²) in [6, 6.07) is 8.78. The molecule has 0 aliphatic rings. The number of nitrogens with two attached hydrogens (primary N) is 1. The van der Waals surface area contributed by atoms with Gasteiger partial charge in [0.15, 0.2) is 0 Å². The highest BCUT2D eigenvalue weighted by molar-refractivity contribution is 9.10. The van der Waals surface area contributed by atoms with Crippen LogP contribution in [0.25, 0.3) is 0 Å². The van der Waals surface area contributed by atoms with E-state index in [1.807, 2.05) is 0 Å². The summed E-state index contributed by atoms with van der Waals surface area (Å²) in [5.41, 5.74) is 7.06. The van der Waals surface area contributed by atoms with Crippen LogP contribution in [-0.2, 0) is 6.42 Å². The lowest BCUT2D eigenvalue weighted by Crippen LogP contribution is -2.14. The van der Waals surface area contributed by atoms with Crippen LogP contribution in [0.3, 0.4) is 0 Å². The zero-order valence-electron chi connectivity index (χ0n) is 7.96. The molecule has 2 heteroatoms. The zero-order chi connectivity index (χ0) is 9.68. The van der Waals surface area contributed by atoms with Crippen molar-refractivity contribution >= 4 is 15.9 Å². The van der Waals surface area contributed by atoms with Crippen LogP contribution in [0, 0.1) is 0 Å². The summed E-state index contributed by atoms with van der Waals surface area (Å²) in [5.74, 6) is 0. The van der Waals surface area contributed by atoms with Gasteiger partial charge in [0.25, 0.3) is 0 Å². The summed E-state index contributed by atoms with van der Waals surface area (Å²) in [6.07, 6.45) is 3.40. The third-order valence-electron chi connectivity index (χ3n) is 2.01. The van der Waals surface area contributed by atoms with Crippen molar-refractivity contribution in [2.24, 2.45) is 5.73 Å². The molecule has 1 atom stereocenters. The second-order valence-electron chi connectivity index (χ2n) is 3.50. The van der Waals surface area contributed by atoms with Crippen LogP contribution in [-0.4, -0.2) is 6.04 Å². The van der Waals surface area contributed by atoms with Gasteiger partial charge in [-0.05, 0) is 43.9 Å². The lowest BCUT2D eigenvalue weighted by molar-refractivity contribution is 0.624. The van der Waals surface area contributed by atoms with E-state index in [1.165, 1.54) is 12.0 Å². The Labute approximate surface area is 88.5 Å². The van der Waals surface area contributed by atoms with E-state index < -0.39 is 0 Å². The molecule has 1 aromatic rings. The van der Waals surface area contributed by atoms with Gasteiger partial charge < -0.3 is 5.73 Å². The SMILES string of the molecule is C[C@@H](N)CCCc1cccc(Br)c1. The molecule has 0 aliphatic heterocycles. The average Bonchev–Trinajstić information content (AvgIpc) is 2.03. The minimum Gasteiger partial charge on any atom is -0.328 e. The van der Waals surface area contributed by atoms with E-state index in [2.05, 4.69) is 47.1 Å². The molecule has 0 radical (unpaired) electrons. The fraction of sp³-hybridized carbons (Fsp3) is 0.455. The quantitative estimate of drug-likeness (QED) is 0.862. The first-order valence-corrected chi connectivity index (χ1v) is 5.48. The van der Waals surface area contributed by atoms with Gasteiger partial charge in [-0.3, -0.25) is 0 Å². The van der Waals surface area contributed by atoms with Crippen molar-refractivity contribution in [1.29, 1.82) is 0 Å². The number of aryl methyl sites for hydroxylation is 1. The van der Waals surface area contributed by atoms with Crippen LogP contribution in [0.2, 0.25) is 0 Å². The molecule has 0 unspecified atom stereocenters. The highest BCUT2D eigenvalue weighted by Gasteiger charge is 1.96. The minimum absolute atomic E-state index is 0.326. The molecule has 0 saturated carbocycles. The standard InChI is InChI=1S/C11H16BrN/c1-9(13)4-2-5-10-6-3-7-11(12)8-10/h3,6-9H,2,4-5,13H2,1H3/t9-/m1/s1. The Kier molecular flexibility index (Phi) is 4.46. The maximum absolute atomic E-state index is 5.68. The molecule has 0 spiro atoms. The molecule has 0 heterocycles. The van der Waals surface area contributed by atoms with Crippen molar-refractivity contribution in [2.75, 3.05) is 0 Å².